The van der Waals surface area contributed by atoms with E-state index in [1.807, 2.05) is 66.7 Å². The fourth-order valence-corrected chi connectivity index (χ4v) is 16.8. The van der Waals surface area contributed by atoms with E-state index in [2.05, 4.69) is 144 Å². The van der Waals surface area contributed by atoms with Gasteiger partial charge in [0.05, 0.1) is 63.8 Å². The molecule has 3 N–H and O–H groups in total. The van der Waals surface area contributed by atoms with Crippen LogP contribution in [0, 0.1) is 138 Å². The Morgan fingerprint density at radius 2 is 0.583 bits per heavy atom. The monoisotopic (exact) mass is 1470 g/mol. The van der Waals surface area contributed by atoms with Gasteiger partial charge in [0.25, 0.3) is 11.8 Å². The number of ether oxygens (including phenoxy) is 5. The number of nitrogens with zero attached hydrogens (tertiary/aromatic N) is 9. The van der Waals surface area contributed by atoms with E-state index in [0.29, 0.717) is 40.5 Å². The Kier molecular flexibility index (Phi) is 28.3. The van der Waals surface area contributed by atoms with Gasteiger partial charge in [-0.15, -0.1) is 79.4 Å². The van der Waals surface area contributed by atoms with E-state index in [9.17, 15) is 9.59 Å². The molecule has 516 valence electrons. The van der Waals surface area contributed by atoms with Crippen LogP contribution in [-0.4, -0.2) is 97.2 Å². The van der Waals surface area contributed by atoms with Crippen molar-refractivity contribution in [2.75, 3.05) is 46.2 Å². The van der Waals surface area contributed by atoms with Crippen LogP contribution >= 0.6 is 106 Å². The highest BCUT2D eigenvalue weighted by Crippen LogP contribution is 2.42. The lowest BCUT2D eigenvalue weighted by molar-refractivity contribution is -0.115. The summed E-state index contributed by atoms with van der Waals surface area (Å²) < 4.78 is 25.9. The second kappa shape index (κ2) is 34.1. The zero-order chi connectivity index (χ0) is 69.6. The maximum Gasteiger partial charge on any atom is 0.278 e. The quantitative estimate of drug-likeness (QED) is 0.134. The summed E-state index contributed by atoms with van der Waals surface area (Å²) in [6.45, 7) is 44.1. The number of hydrogen-bond donors (Lipinski definition) is 3. The maximum atomic E-state index is 11.0. The minimum Gasteiger partial charge on any atom is -0.491 e. The summed E-state index contributed by atoms with van der Waals surface area (Å²) in [6, 6.07) is 0. The molecular formula is C68H88N12O7S9. The molecule has 0 saturated carbocycles. The first-order chi connectivity index (χ1) is 44.3. The second-order valence-electron chi connectivity index (χ2n) is 22.1. The number of hydrogen-bond acceptors (Lipinski definition) is 23. The number of carbonyl (C=O) groups excluding carboxylic acids is 2. The van der Waals surface area contributed by atoms with E-state index >= 15 is 0 Å². The standard InChI is InChI=1S/C12H12N2O2S.C10H12N2O2S.C10H14N2O2S.C10H12N2OS.C10H12N2S.C8H10N2S.C8H12S.2H2S/c1-5-7-8(6(2)17-5)14-10-9(13-7)11(15-3)12(10)16-4;1-5-7-8(6(2)15-5)12-10(14-4)9(11-7)13-3;1-5-9(11-7(3)13)10(6(2)15-5)12-8(4)14;1-5-10(13-4)12-9-7(3)14-6(2)8(9)11-5;1-5-6(2)12-10-8(4)13-7(3)9(10)11-5;1-4-7-8(5(2)11-4)10-6(3)9-7;1-5-6(2)8(4)9-7(5)3;;/h1-4H3;1-4H3;1-4H3,(H,11,13)(H,12,14);1-4H3;1-4H3;1-3H3,(H,9,10);1-4H3;2*1H2. The van der Waals surface area contributed by atoms with Crippen molar-refractivity contribution >= 4 is 196 Å². The highest BCUT2D eigenvalue weighted by atomic mass is 32.1. The van der Waals surface area contributed by atoms with Crippen molar-refractivity contribution in [3.8, 4) is 17.6 Å². The highest BCUT2D eigenvalue weighted by Gasteiger charge is 2.33. The van der Waals surface area contributed by atoms with E-state index < -0.39 is 0 Å². The predicted octanol–water partition coefficient (Wildman–Crippen LogP) is 18.7. The highest BCUT2D eigenvalue weighted by molar-refractivity contribution is 7.59. The number of anilines is 2. The molecule has 0 aromatic carbocycles. The Bertz CT molecular complexity index is 4600. The van der Waals surface area contributed by atoms with Gasteiger partial charge in [-0.2, -0.15) is 27.0 Å². The third-order valence-electron chi connectivity index (χ3n) is 15.2. The maximum absolute atomic E-state index is 11.0. The number of aromatic nitrogens is 10. The van der Waals surface area contributed by atoms with E-state index in [-0.39, 0.29) is 38.8 Å². The summed E-state index contributed by atoms with van der Waals surface area (Å²) in [5.74, 6) is 3.62. The molecule has 0 atom stereocenters. The third-order valence-corrected chi connectivity index (χ3v) is 22.4. The minimum absolute atomic E-state index is 0. The summed E-state index contributed by atoms with van der Waals surface area (Å²) in [6.07, 6.45) is 0. The van der Waals surface area contributed by atoms with Crippen LogP contribution in [0.25, 0.3) is 66.7 Å². The zero-order valence-corrected chi connectivity index (χ0v) is 67.5. The molecule has 13 rings (SSSR count). The first-order valence-corrected chi connectivity index (χ1v) is 35.6. The van der Waals surface area contributed by atoms with Gasteiger partial charge in [-0.05, 0) is 150 Å². The van der Waals surface area contributed by atoms with Gasteiger partial charge in [0.2, 0.25) is 17.7 Å². The number of nitrogens with one attached hydrogen (secondary N) is 3. The molecule has 96 heavy (non-hydrogen) atoms. The van der Waals surface area contributed by atoms with E-state index in [0.717, 1.165) is 103 Å². The van der Waals surface area contributed by atoms with Crippen LogP contribution in [-0.2, 0) is 19.1 Å². The molecule has 12 aromatic heterocycles. The average Bonchev–Trinajstić information content (AvgIpc) is 1.45. The van der Waals surface area contributed by atoms with Gasteiger partial charge >= 0.3 is 0 Å². The number of amides is 2. The normalized spacial score (nSPS) is 10.9. The van der Waals surface area contributed by atoms with Crippen LogP contribution in [0.2, 0.25) is 0 Å². The first-order valence-electron chi connectivity index (χ1n) is 29.9. The molecule has 1 aliphatic rings. The number of aryl methyl sites for hydroxylation is 18. The number of fused-ring (bicyclic) bond motifs is 6. The molecule has 0 radical (unpaired) electrons. The van der Waals surface area contributed by atoms with Crippen LogP contribution < -0.4 is 24.8 Å². The summed E-state index contributed by atoms with van der Waals surface area (Å²) in [5.41, 5.74) is 19.1. The minimum atomic E-state index is -0.137. The third kappa shape index (κ3) is 17.7. The molecule has 2 amide bonds. The predicted molar refractivity (Wildman–Crippen MR) is 417 cm³/mol. The SMILES string of the molecule is CC(=O)Nc1c(C)sc(C)c1NC(C)=O.COC1=C(OC)c2nc3c(C)sc(C)c3nc21.COc1nc2c(C)sc(C)c2nc1C.COc1nc2c(C)sc(C)c2nc1OC.Cc1nc2c(C)sc(C)c2[nH]1.Cc1nc2c(C)sc(C)c2nc1C.Cc1sc(C)c(C)c1C.S.S. The molecule has 0 fully saturated rings. The molecule has 0 bridgehead atoms. The van der Waals surface area contributed by atoms with Crippen molar-refractivity contribution in [1.82, 2.24) is 49.8 Å². The molecular weight excluding hydrogens is 1390 g/mol. The van der Waals surface area contributed by atoms with Gasteiger partial charge in [0.1, 0.15) is 72.6 Å². The second-order valence-corrected chi connectivity index (χ2v) is 32.1. The van der Waals surface area contributed by atoms with Gasteiger partial charge in [-0.1, -0.05) is 0 Å². The van der Waals surface area contributed by atoms with E-state index in [1.165, 1.54) is 79.3 Å². The molecule has 28 heteroatoms. The Labute approximate surface area is 604 Å². The Balaban J connectivity index is 0.000000203. The van der Waals surface area contributed by atoms with Crippen LogP contribution in [0.15, 0.2) is 0 Å². The van der Waals surface area contributed by atoms with Crippen molar-refractivity contribution in [3.63, 3.8) is 0 Å². The lowest BCUT2D eigenvalue weighted by Gasteiger charge is -2.22. The van der Waals surface area contributed by atoms with Crippen LogP contribution in [0.1, 0.15) is 128 Å². The summed E-state index contributed by atoms with van der Waals surface area (Å²) in [4.78, 5) is 82.8. The van der Waals surface area contributed by atoms with Crippen molar-refractivity contribution in [3.05, 3.63) is 114 Å². The number of rotatable bonds is 7. The molecule has 12 heterocycles. The largest absolute Gasteiger partial charge is 0.491 e. The topological polar surface area (TPSA) is 236 Å². The molecule has 0 aliphatic heterocycles. The van der Waals surface area contributed by atoms with Gasteiger partial charge in [-0.3, -0.25) is 9.59 Å². The van der Waals surface area contributed by atoms with Gasteiger partial charge in [0, 0.05) is 82.1 Å². The van der Waals surface area contributed by atoms with Crippen molar-refractivity contribution in [2.24, 2.45) is 0 Å². The smallest absolute Gasteiger partial charge is 0.278 e. The Morgan fingerprint density at radius 1 is 0.312 bits per heavy atom. The van der Waals surface area contributed by atoms with Gasteiger partial charge in [0.15, 0.2) is 11.5 Å². The molecule has 19 nitrogen and oxygen atoms in total. The zero-order valence-electron chi connectivity index (χ0n) is 59.7. The molecule has 0 saturated heterocycles. The number of carbonyl (C=O) groups is 2. The van der Waals surface area contributed by atoms with Gasteiger partial charge in [-0.25, -0.2) is 44.9 Å². The summed E-state index contributed by atoms with van der Waals surface area (Å²) in [7, 11) is 7.99. The molecule has 12 aromatic rings. The summed E-state index contributed by atoms with van der Waals surface area (Å²) >= 11 is 12.2. The van der Waals surface area contributed by atoms with E-state index in [1.54, 1.807) is 104 Å². The molecule has 1 aliphatic carbocycles. The van der Waals surface area contributed by atoms with Crippen molar-refractivity contribution in [2.45, 2.75) is 152 Å². The summed E-state index contributed by atoms with van der Waals surface area (Å²) in [5, 5.41) is 5.45. The Morgan fingerprint density at radius 3 is 0.875 bits per heavy atom. The van der Waals surface area contributed by atoms with Crippen LogP contribution in [0.3, 0.4) is 0 Å². The number of thiophene rings is 7. The molecule has 0 unspecified atom stereocenters. The lowest BCUT2D eigenvalue weighted by Crippen LogP contribution is -2.14. The number of methoxy groups -OCH3 is 5. The van der Waals surface area contributed by atoms with Crippen molar-refractivity contribution < 1.29 is 33.3 Å². The van der Waals surface area contributed by atoms with Crippen LogP contribution in [0.4, 0.5) is 11.4 Å². The Hall–Kier alpha value is -6.89. The van der Waals surface area contributed by atoms with Crippen molar-refractivity contribution in [1.29, 1.82) is 0 Å². The number of H-pyrrole nitrogens is 1. The van der Waals surface area contributed by atoms with Gasteiger partial charge < -0.3 is 39.3 Å². The first kappa shape index (κ1) is 79.8. The number of aromatic amines is 1. The fourth-order valence-electron chi connectivity index (χ4n) is 10.1. The molecule has 0 spiro atoms. The lowest BCUT2D eigenvalue weighted by atomic mass is 10.0. The average molecular weight is 1470 g/mol. The van der Waals surface area contributed by atoms with E-state index in [4.69, 9.17) is 23.7 Å². The fraction of sp³-hybridized carbons (Fsp3) is 0.397. The number of imidazole rings is 1. The van der Waals surface area contributed by atoms with Crippen LogP contribution in [0.5, 0.6) is 17.6 Å².